The van der Waals surface area contributed by atoms with Gasteiger partial charge in [-0.15, -0.1) is 0 Å². The number of benzene rings is 1. The molecule has 2 aliphatic rings. The van der Waals surface area contributed by atoms with E-state index < -0.39 is 12.1 Å². The molecule has 0 spiro atoms. The Labute approximate surface area is 160 Å². The second-order valence-corrected chi connectivity index (χ2v) is 8.30. The zero-order valence-electron chi connectivity index (χ0n) is 16.2. The van der Waals surface area contributed by atoms with E-state index in [9.17, 15) is 13.2 Å². The SMILES string of the molecule is Cc1cc(N2CCC(C(F)(F)F)CC2)ccc1NCC[C@H]1CC[C@H](N)CC1. The van der Waals surface area contributed by atoms with E-state index in [0.717, 1.165) is 42.2 Å². The van der Waals surface area contributed by atoms with Crippen molar-refractivity contribution in [2.45, 2.75) is 64.1 Å². The molecule has 3 rings (SSSR count). The molecule has 1 saturated heterocycles. The largest absolute Gasteiger partial charge is 0.391 e. The number of hydrogen-bond donors (Lipinski definition) is 2. The number of piperidine rings is 1. The number of aryl methyl sites for hydroxylation is 1. The van der Waals surface area contributed by atoms with E-state index in [0.29, 0.717) is 19.1 Å². The lowest BCUT2D eigenvalue weighted by Gasteiger charge is -2.34. The molecule has 6 heteroatoms. The number of anilines is 2. The monoisotopic (exact) mass is 383 g/mol. The van der Waals surface area contributed by atoms with Crippen molar-refractivity contribution >= 4 is 11.4 Å². The van der Waals surface area contributed by atoms with Crippen LogP contribution in [0.4, 0.5) is 24.5 Å². The molecule has 0 aromatic heterocycles. The molecule has 0 amide bonds. The first-order valence-electron chi connectivity index (χ1n) is 10.2. The average molecular weight is 384 g/mol. The van der Waals surface area contributed by atoms with Crippen LogP contribution < -0.4 is 16.0 Å². The fourth-order valence-corrected chi connectivity index (χ4v) is 4.40. The number of nitrogens with zero attached hydrogens (tertiary/aromatic N) is 1. The predicted molar refractivity (Wildman–Crippen MR) is 105 cm³/mol. The zero-order chi connectivity index (χ0) is 19.4. The standard InChI is InChI=1S/C21H32F3N3/c1-15-14-19(27-12-9-17(10-13-27)21(22,23)24)6-7-20(15)26-11-8-16-2-4-18(25)5-3-16/h6-7,14,16-18,26H,2-5,8-13,25H2,1H3/t16-,18-. The van der Waals surface area contributed by atoms with E-state index in [4.69, 9.17) is 5.73 Å². The van der Waals surface area contributed by atoms with Gasteiger partial charge in [0.1, 0.15) is 0 Å². The molecule has 1 aromatic carbocycles. The van der Waals surface area contributed by atoms with Crippen LogP contribution >= 0.6 is 0 Å². The van der Waals surface area contributed by atoms with Gasteiger partial charge in [-0.3, -0.25) is 0 Å². The summed E-state index contributed by atoms with van der Waals surface area (Å²) in [6.45, 7) is 3.96. The highest BCUT2D eigenvalue weighted by Gasteiger charge is 2.41. The average Bonchev–Trinajstić information content (AvgIpc) is 2.64. The first-order chi connectivity index (χ1) is 12.8. The minimum Gasteiger partial charge on any atom is -0.385 e. The molecule has 1 aliphatic heterocycles. The molecule has 0 bridgehead atoms. The number of halogens is 3. The Morgan fingerprint density at radius 3 is 2.33 bits per heavy atom. The van der Waals surface area contributed by atoms with Crippen LogP contribution in [0.25, 0.3) is 0 Å². The molecule has 3 N–H and O–H groups in total. The van der Waals surface area contributed by atoms with E-state index in [-0.39, 0.29) is 12.8 Å². The number of alkyl halides is 3. The summed E-state index contributed by atoms with van der Waals surface area (Å²) in [7, 11) is 0. The second-order valence-electron chi connectivity index (χ2n) is 8.30. The minimum absolute atomic E-state index is 0.188. The smallest absolute Gasteiger partial charge is 0.385 e. The van der Waals surface area contributed by atoms with Gasteiger partial charge >= 0.3 is 6.18 Å². The highest BCUT2D eigenvalue weighted by molar-refractivity contribution is 5.60. The molecule has 0 unspecified atom stereocenters. The van der Waals surface area contributed by atoms with Crippen molar-refractivity contribution in [3.8, 4) is 0 Å². The van der Waals surface area contributed by atoms with Crippen molar-refractivity contribution < 1.29 is 13.2 Å². The number of nitrogens with one attached hydrogen (secondary N) is 1. The van der Waals surface area contributed by atoms with Crippen LogP contribution in [-0.2, 0) is 0 Å². The van der Waals surface area contributed by atoms with Gasteiger partial charge in [0.15, 0.2) is 0 Å². The predicted octanol–water partition coefficient (Wildman–Crippen LogP) is 5.09. The normalized spacial score (nSPS) is 24.9. The van der Waals surface area contributed by atoms with Gasteiger partial charge in [0.25, 0.3) is 0 Å². The van der Waals surface area contributed by atoms with Crippen molar-refractivity contribution in [2.75, 3.05) is 29.9 Å². The van der Waals surface area contributed by atoms with E-state index in [2.05, 4.69) is 29.3 Å². The molecule has 3 nitrogen and oxygen atoms in total. The van der Waals surface area contributed by atoms with Crippen LogP contribution in [0.2, 0.25) is 0 Å². The number of hydrogen-bond acceptors (Lipinski definition) is 3. The Kier molecular flexibility index (Phi) is 6.56. The maximum atomic E-state index is 12.8. The van der Waals surface area contributed by atoms with Gasteiger partial charge in [-0.1, -0.05) is 0 Å². The molecule has 0 radical (unpaired) electrons. The second kappa shape index (κ2) is 8.72. The zero-order valence-corrected chi connectivity index (χ0v) is 16.2. The lowest BCUT2D eigenvalue weighted by atomic mass is 9.84. The Hall–Kier alpha value is -1.43. The molecule has 1 aliphatic carbocycles. The number of nitrogens with two attached hydrogens (primary N) is 1. The Morgan fingerprint density at radius 1 is 1.07 bits per heavy atom. The lowest BCUT2D eigenvalue weighted by Crippen LogP contribution is -2.39. The van der Waals surface area contributed by atoms with Gasteiger partial charge in [-0.25, -0.2) is 0 Å². The maximum Gasteiger partial charge on any atom is 0.391 e. The van der Waals surface area contributed by atoms with Gasteiger partial charge in [-0.2, -0.15) is 13.2 Å². The summed E-state index contributed by atoms with van der Waals surface area (Å²) in [5, 5.41) is 3.53. The summed E-state index contributed by atoms with van der Waals surface area (Å²) in [5.41, 5.74) is 9.26. The van der Waals surface area contributed by atoms with Crippen molar-refractivity contribution in [3.63, 3.8) is 0 Å². The third-order valence-electron chi connectivity index (χ3n) is 6.29. The van der Waals surface area contributed by atoms with E-state index in [1.807, 2.05) is 6.07 Å². The summed E-state index contributed by atoms with van der Waals surface area (Å²) in [4.78, 5) is 2.07. The molecule has 1 heterocycles. The Balaban J connectivity index is 1.48. The van der Waals surface area contributed by atoms with E-state index in [1.54, 1.807) is 0 Å². The van der Waals surface area contributed by atoms with Crippen molar-refractivity contribution in [1.82, 2.24) is 0 Å². The van der Waals surface area contributed by atoms with Crippen LogP contribution in [-0.4, -0.2) is 31.9 Å². The summed E-state index contributed by atoms with van der Waals surface area (Å²) >= 11 is 0. The highest BCUT2D eigenvalue weighted by atomic mass is 19.4. The van der Waals surface area contributed by atoms with Crippen LogP contribution in [0.3, 0.4) is 0 Å². The van der Waals surface area contributed by atoms with Crippen molar-refractivity contribution in [2.24, 2.45) is 17.6 Å². The Morgan fingerprint density at radius 2 is 1.74 bits per heavy atom. The molecular weight excluding hydrogens is 351 g/mol. The summed E-state index contributed by atoms with van der Waals surface area (Å²) in [6.07, 6.45) is 2.23. The van der Waals surface area contributed by atoms with Gasteiger partial charge in [-0.05, 0) is 81.5 Å². The summed E-state index contributed by atoms with van der Waals surface area (Å²) in [6, 6.07) is 6.58. The molecular formula is C21H32F3N3. The fraction of sp³-hybridized carbons (Fsp3) is 0.714. The Bertz CT molecular complexity index is 601. The fourth-order valence-electron chi connectivity index (χ4n) is 4.40. The van der Waals surface area contributed by atoms with Crippen molar-refractivity contribution in [3.05, 3.63) is 23.8 Å². The molecule has 27 heavy (non-hydrogen) atoms. The van der Waals surface area contributed by atoms with Crippen molar-refractivity contribution in [1.29, 1.82) is 0 Å². The van der Waals surface area contributed by atoms with Crippen LogP contribution in [0.1, 0.15) is 50.5 Å². The quantitative estimate of drug-likeness (QED) is 0.744. The summed E-state index contributed by atoms with van der Waals surface area (Å²) < 4.78 is 38.5. The van der Waals surface area contributed by atoms with Crippen LogP contribution in [0, 0.1) is 18.8 Å². The maximum absolute atomic E-state index is 12.8. The summed E-state index contributed by atoms with van der Waals surface area (Å²) in [5.74, 6) is -0.378. The topological polar surface area (TPSA) is 41.3 Å². The van der Waals surface area contributed by atoms with Gasteiger partial charge < -0.3 is 16.0 Å². The van der Waals surface area contributed by atoms with Crippen LogP contribution in [0.5, 0.6) is 0 Å². The van der Waals surface area contributed by atoms with Gasteiger partial charge in [0.2, 0.25) is 0 Å². The van der Waals surface area contributed by atoms with Crippen LogP contribution in [0.15, 0.2) is 18.2 Å². The first kappa shape index (κ1) is 20.3. The highest BCUT2D eigenvalue weighted by Crippen LogP contribution is 2.36. The molecule has 1 saturated carbocycles. The third kappa shape index (κ3) is 5.53. The molecule has 1 aromatic rings. The van der Waals surface area contributed by atoms with E-state index in [1.165, 1.54) is 19.3 Å². The van der Waals surface area contributed by atoms with E-state index >= 15 is 0 Å². The third-order valence-corrected chi connectivity index (χ3v) is 6.29. The van der Waals surface area contributed by atoms with Gasteiger partial charge in [0, 0.05) is 37.1 Å². The molecule has 152 valence electrons. The number of rotatable bonds is 5. The first-order valence-corrected chi connectivity index (χ1v) is 10.2. The van der Waals surface area contributed by atoms with Gasteiger partial charge in [0.05, 0.1) is 5.92 Å². The lowest BCUT2D eigenvalue weighted by molar-refractivity contribution is -0.179. The molecule has 2 fully saturated rings. The molecule has 0 atom stereocenters. The minimum atomic E-state index is -4.06.